The Balaban J connectivity index is 1.68. The van der Waals surface area contributed by atoms with Crippen LogP contribution in [-0.2, 0) is 14.3 Å². The van der Waals surface area contributed by atoms with Crippen molar-refractivity contribution in [2.75, 3.05) is 31.6 Å². The Hall–Kier alpha value is -2.08. The molecule has 0 saturated carbocycles. The van der Waals surface area contributed by atoms with E-state index in [9.17, 15) is 9.59 Å². The largest absolute Gasteiger partial charge is 0.452 e. The lowest BCUT2D eigenvalue weighted by Crippen LogP contribution is -2.49. The average Bonchev–Trinajstić information content (AvgIpc) is 2.58. The van der Waals surface area contributed by atoms with E-state index in [4.69, 9.17) is 9.47 Å². The number of fused-ring (bicyclic) bond motifs is 1. The summed E-state index contributed by atoms with van der Waals surface area (Å²) in [5.41, 5.74) is 3.53. The van der Waals surface area contributed by atoms with E-state index in [2.05, 4.69) is 18.3 Å². The van der Waals surface area contributed by atoms with Crippen LogP contribution in [0.3, 0.4) is 0 Å². The molecule has 1 amide bonds. The normalized spacial score (nSPS) is 25.2. The number of ether oxygens (including phenoxy) is 2. The highest BCUT2D eigenvalue weighted by molar-refractivity contribution is 5.98. The van der Waals surface area contributed by atoms with Gasteiger partial charge in [-0.25, -0.2) is 4.79 Å². The number of morpholine rings is 1. The Morgan fingerprint density at radius 3 is 2.62 bits per heavy atom. The van der Waals surface area contributed by atoms with Crippen molar-refractivity contribution in [2.45, 2.75) is 52.2 Å². The monoisotopic (exact) mass is 360 g/mol. The molecule has 1 aromatic carbocycles. The van der Waals surface area contributed by atoms with E-state index in [0.717, 1.165) is 29.8 Å². The van der Waals surface area contributed by atoms with Crippen LogP contribution in [-0.4, -0.2) is 55.2 Å². The molecule has 1 N–H and O–H groups in total. The van der Waals surface area contributed by atoms with Crippen molar-refractivity contribution in [3.8, 4) is 0 Å². The van der Waals surface area contributed by atoms with Crippen molar-refractivity contribution in [3.63, 3.8) is 0 Å². The SMILES string of the molecule is Cc1cc(C(=O)OCC(=O)N2C[C@H](C)O[C@@H](C)C2)c2c(c1)[C@H](C)CCN2. The summed E-state index contributed by atoms with van der Waals surface area (Å²) in [4.78, 5) is 26.8. The first-order valence-corrected chi connectivity index (χ1v) is 9.34. The molecule has 0 spiro atoms. The predicted molar refractivity (Wildman–Crippen MR) is 99.6 cm³/mol. The fourth-order valence-corrected chi connectivity index (χ4v) is 3.81. The Labute approximate surface area is 154 Å². The van der Waals surface area contributed by atoms with Crippen molar-refractivity contribution in [3.05, 3.63) is 28.8 Å². The van der Waals surface area contributed by atoms with Crippen LogP contribution < -0.4 is 5.32 Å². The van der Waals surface area contributed by atoms with Gasteiger partial charge in [0.15, 0.2) is 6.61 Å². The Kier molecular flexibility index (Phi) is 5.51. The van der Waals surface area contributed by atoms with E-state index in [1.165, 1.54) is 0 Å². The zero-order valence-corrected chi connectivity index (χ0v) is 16.0. The third-order valence-electron chi connectivity index (χ3n) is 5.04. The molecule has 0 radical (unpaired) electrons. The maximum atomic E-state index is 12.6. The van der Waals surface area contributed by atoms with Crippen molar-refractivity contribution >= 4 is 17.6 Å². The molecule has 3 atom stereocenters. The third-order valence-corrected chi connectivity index (χ3v) is 5.04. The second kappa shape index (κ2) is 7.66. The van der Waals surface area contributed by atoms with E-state index >= 15 is 0 Å². The first kappa shape index (κ1) is 18.7. The lowest BCUT2D eigenvalue weighted by Gasteiger charge is -2.35. The minimum atomic E-state index is -0.450. The number of nitrogens with one attached hydrogen (secondary N) is 1. The van der Waals surface area contributed by atoms with Gasteiger partial charge in [-0.1, -0.05) is 13.0 Å². The first-order chi connectivity index (χ1) is 12.3. The van der Waals surface area contributed by atoms with Crippen LogP contribution in [0.1, 0.15) is 54.6 Å². The fraction of sp³-hybridized carbons (Fsp3) is 0.600. The second-order valence-corrected chi connectivity index (χ2v) is 7.53. The van der Waals surface area contributed by atoms with E-state index in [-0.39, 0.29) is 24.7 Å². The molecule has 0 aliphatic carbocycles. The van der Waals surface area contributed by atoms with Gasteiger partial charge in [-0.05, 0) is 50.3 Å². The number of hydrogen-bond donors (Lipinski definition) is 1. The van der Waals surface area contributed by atoms with Crippen molar-refractivity contribution in [1.29, 1.82) is 0 Å². The van der Waals surface area contributed by atoms with Gasteiger partial charge in [0.1, 0.15) is 0 Å². The van der Waals surface area contributed by atoms with E-state index in [1.807, 2.05) is 26.8 Å². The van der Waals surface area contributed by atoms with E-state index < -0.39 is 5.97 Å². The number of rotatable bonds is 3. The summed E-state index contributed by atoms with van der Waals surface area (Å²) in [5.74, 6) is -0.229. The Bertz CT molecular complexity index is 693. The zero-order valence-electron chi connectivity index (χ0n) is 16.0. The number of carbonyl (C=O) groups is 2. The molecule has 2 heterocycles. The number of amides is 1. The molecule has 0 aromatic heterocycles. The summed E-state index contributed by atoms with van der Waals surface area (Å²) >= 11 is 0. The summed E-state index contributed by atoms with van der Waals surface area (Å²) < 4.78 is 11.0. The van der Waals surface area contributed by atoms with E-state index in [0.29, 0.717) is 24.6 Å². The van der Waals surface area contributed by atoms with Crippen LogP contribution in [0.2, 0.25) is 0 Å². The van der Waals surface area contributed by atoms with Crippen LogP contribution in [0, 0.1) is 6.92 Å². The van der Waals surface area contributed by atoms with Crippen molar-refractivity contribution in [1.82, 2.24) is 4.90 Å². The van der Waals surface area contributed by atoms with Crippen LogP contribution >= 0.6 is 0 Å². The molecule has 6 nitrogen and oxygen atoms in total. The highest BCUT2D eigenvalue weighted by atomic mass is 16.5. The molecular formula is C20H28N2O4. The quantitative estimate of drug-likeness (QED) is 0.840. The number of hydrogen-bond acceptors (Lipinski definition) is 5. The summed E-state index contributed by atoms with van der Waals surface area (Å²) in [5, 5.41) is 3.32. The van der Waals surface area contributed by atoms with Crippen molar-refractivity contribution in [2.24, 2.45) is 0 Å². The maximum Gasteiger partial charge on any atom is 0.340 e. The Morgan fingerprint density at radius 1 is 1.23 bits per heavy atom. The predicted octanol–water partition coefficient (Wildman–Crippen LogP) is 2.71. The molecule has 2 aliphatic heterocycles. The lowest BCUT2D eigenvalue weighted by atomic mass is 9.89. The fourth-order valence-electron chi connectivity index (χ4n) is 3.81. The van der Waals surface area contributed by atoms with Gasteiger partial charge in [-0.15, -0.1) is 0 Å². The van der Waals surface area contributed by atoms with Crippen LogP contribution in [0.25, 0.3) is 0 Å². The topological polar surface area (TPSA) is 67.9 Å². The number of nitrogens with zero attached hydrogens (tertiary/aromatic N) is 1. The molecule has 1 fully saturated rings. The van der Waals surface area contributed by atoms with Gasteiger partial charge >= 0.3 is 5.97 Å². The molecule has 0 bridgehead atoms. The molecule has 0 unspecified atom stereocenters. The van der Waals surface area contributed by atoms with Gasteiger partial charge in [0, 0.05) is 19.6 Å². The van der Waals surface area contributed by atoms with Gasteiger partial charge in [0.05, 0.1) is 23.5 Å². The first-order valence-electron chi connectivity index (χ1n) is 9.34. The standard InChI is InChI=1S/C20H28N2O4/c1-12-7-16-13(2)5-6-21-19(16)17(8-12)20(24)25-11-18(23)22-9-14(3)26-15(4)10-22/h7-8,13-15,21H,5-6,9-11H2,1-4H3/t13-,14+,15+/m1/s1. The summed E-state index contributed by atoms with van der Waals surface area (Å²) in [6.45, 7) is 9.66. The highest BCUT2D eigenvalue weighted by Crippen LogP contribution is 2.35. The zero-order chi connectivity index (χ0) is 18.8. The van der Waals surface area contributed by atoms with Crippen LogP contribution in [0.4, 0.5) is 5.69 Å². The maximum absolute atomic E-state index is 12.6. The molecule has 2 aliphatic rings. The second-order valence-electron chi connectivity index (χ2n) is 7.53. The molecule has 1 aromatic rings. The molecule has 6 heteroatoms. The van der Waals surface area contributed by atoms with Gasteiger partial charge in [-0.3, -0.25) is 4.79 Å². The molecular weight excluding hydrogens is 332 g/mol. The summed E-state index contributed by atoms with van der Waals surface area (Å²) in [6.07, 6.45) is 1.03. The molecule has 26 heavy (non-hydrogen) atoms. The number of esters is 1. The lowest BCUT2D eigenvalue weighted by molar-refractivity contribution is -0.146. The van der Waals surface area contributed by atoms with Gasteiger partial charge in [0.25, 0.3) is 5.91 Å². The Morgan fingerprint density at radius 2 is 1.92 bits per heavy atom. The van der Waals surface area contributed by atoms with Gasteiger partial charge in [0.2, 0.25) is 0 Å². The molecule has 1 saturated heterocycles. The van der Waals surface area contributed by atoms with E-state index in [1.54, 1.807) is 4.90 Å². The van der Waals surface area contributed by atoms with Crippen LogP contribution in [0.5, 0.6) is 0 Å². The molecule has 3 rings (SSSR count). The average molecular weight is 360 g/mol. The third kappa shape index (κ3) is 4.01. The number of aryl methyl sites for hydroxylation is 1. The highest BCUT2D eigenvalue weighted by Gasteiger charge is 2.28. The number of carbonyl (C=O) groups excluding carboxylic acids is 2. The minimum absolute atomic E-state index is 0.00659. The summed E-state index contributed by atoms with van der Waals surface area (Å²) in [6, 6.07) is 3.94. The molecule has 142 valence electrons. The van der Waals surface area contributed by atoms with Gasteiger partial charge < -0.3 is 19.7 Å². The van der Waals surface area contributed by atoms with Gasteiger partial charge in [-0.2, -0.15) is 0 Å². The number of anilines is 1. The van der Waals surface area contributed by atoms with Crippen molar-refractivity contribution < 1.29 is 19.1 Å². The van der Waals surface area contributed by atoms with Crippen LogP contribution in [0.15, 0.2) is 12.1 Å². The number of benzene rings is 1. The minimum Gasteiger partial charge on any atom is -0.452 e. The smallest absolute Gasteiger partial charge is 0.340 e. The summed E-state index contributed by atoms with van der Waals surface area (Å²) in [7, 11) is 0.